The van der Waals surface area contributed by atoms with Gasteiger partial charge in [0.05, 0.1) is 5.92 Å². The number of rotatable bonds is 1. The molecule has 2 atom stereocenters. The fraction of sp³-hybridized carbons (Fsp3) is 0.167. The Hall–Kier alpha value is -2.26. The van der Waals surface area contributed by atoms with Crippen LogP contribution in [0.1, 0.15) is 23.0 Å². The van der Waals surface area contributed by atoms with Crippen LogP contribution in [-0.2, 0) is 4.79 Å². The van der Waals surface area contributed by atoms with E-state index in [-0.39, 0.29) is 17.7 Å². The molecule has 1 fully saturated rings. The summed E-state index contributed by atoms with van der Waals surface area (Å²) in [6.45, 7) is 4.36. The van der Waals surface area contributed by atoms with Crippen LogP contribution in [0.2, 0.25) is 5.02 Å². The molecule has 2 aromatic rings. The quantitative estimate of drug-likeness (QED) is 0.786. The summed E-state index contributed by atoms with van der Waals surface area (Å²) in [4.78, 5) is 14.4. The van der Waals surface area contributed by atoms with E-state index in [0.717, 1.165) is 16.9 Å². The number of carbonyl (C=O) groups is 1. The second kappa shape index (κ2) is 4.89. The number of ether oxygens (including phenoxy) is 1. The number of benzene rings is 2. The Morgan fingerprint density at radius 3 is 2.77 bits per heavy atom. The van der Waals surface area contributed by atoms with E-state index in [9.17, 15) is 4.79 Å². The lowest BCUT2D eigenvalue weighted by atomic mass is 9.84. The Kier molecular flexibility index (Phi) is 2.98. The van der Waals surface area contributed by atoms with Gasteiger partial charge in [0.25, 0.3) is 0 Å². The molecular formula is C18H14ClNO2. The predicted molar refractivity (Wildman–Crippen MR) is 85.4 cm³/mol. The number of para-hydroxylation sites is 1. The van der Waals surface area contributed by atoms with E-state index in [0.29, 0.717) is 17.3 Å². The lowest BCUT2D eigenvalue weighted by Gasteiger charge is -2.15. The van der Waals surface area contributed by atoms with Gasteiger partial charge in [0, 0.05) is 28.6 Å². The summed E-state index contributed by atoms with van der Waals surface area (Å²) in [5, 5.41) is 0.608. The number of halogens is 1. The number of hydrogen-bond donors (Lipinski definition) is 0. The van der Waals surface area contributed by atoms with Crippen LogP contribution < -0.4 is 4.74 Å². The van der Waals surface area contributed by atoms with Crippen LogP contribution in [0.15, 0.2) is 55.2 Å². The molecular weight excluding hydrogens is 298 g/mol. The van der Waals surface area contributed by atoms with E-state index in [1.54, 1.807) is 17.2 Å². The average molecular weight is 312 g/mol. The second-order valence-electron chi connectivity index (χ2n) is 5.58. The van der Waals surface area contributed by atoms with Gasteiger partial charge < -0.3 is 9.64 Å². The summed E-state index contributed by atoms with van der Waals surface area (Å²) in [6, 6.07) is 13.3. The highest BCUT2D eigenvalue weighted by molar-refractivity contribution is 6.30. The van der Waals surface area contributed by atoms with Gasteiger partial charge in [-0.25, -0.2) is 0 Å². The fourth-order valence-electron chi connectivity index (χ4n) is 3.40. The van der Waals surface area contributed by atoms with Crippen molar-refractivity contribution in [1.29, 1.82) is 0 Å². The summed E-state index contributed by atoms with van der Waals surface area (Å²) in [5.41, 5.74) is 1.90. The molecule has 2 aromatic carbocycles. The number of amides is 1. The van der Waals surface area contributed by atoms with Crippen molar-refractivity contribution in [2.45, 2.75) is 11.8 Å². The standard InChI is InChI=1S/C18H14ClNO2/c1-2-20-10-14-12-5-3-4-6-15(12)22-16-8-7-11(19)9-13(16)17(14)18(20)21/h2-9,14,17H,1,10H2. The van der Waals surface area contributed by atoms with Crippen molar-refractivity contribution in [3.63, 3.8) is 0 Å². The lowest BCUT2D eigenvalue weighted by Crippen LogP contribution is -2.20. The van der Waals surface area contributed by atoms with Gasteiger partial charge in [-0.3, -0.25) is 4.79 Å². The largest absolute Gasteiger partial charge is 0.457 e. The molecule has 1 saturated heterocycles. The van der Waals surface area contributed by atoms with E-state index >= 15 is 0 Å². The zero-order valence-electron chi connectivity index (χ0n) is 11.8. The van der Waals surface area contributed by atoms with Gasteiger partial charge in [0.15, 0.2) is 0 Å². The minimum absolute atomic E-state index is 0.0430. The van der Waals surface area contributed by atoms with E-state index in [4.69, 9.17) is 16.3 Å². The van der Waals surface area contributed by atoms with E-state index in [2.05, 4.69) is 6.58 Å². The van der Waals surface area contributed by atoms with Crippen molar-refractivity contribution in [1.82, 2.24) is 4.90 Å². The summed E-state index contributed by atoms with van der Waals surface area (Å²) in [5.74, 6) is 1.31. The van der Waals surface area contributed by atoms with Crippen LogP contribution >= 0.6 is 11.6 Å². The molecule has 1 amide bonds. The number of carbonyl (C=O) groups excluding carboxylic acids is 1. The molecule has 0 radical (unpaired) electrons. The first-order valence-electron chi connectivity index (χ1n) is 7.18. The molecule has 0 aliphatic carbocycles. The third-order valence-electron chi connectivity index (χ3n) is 4.41. The van der Waals surface area contributed by atoms with Gasteiger partial charge >= 0.3 is 0 Å². The normalized spacial score (nSPS) is 22.2. The highest BCUT2D eigenvalue weighted by Crippen LogP contribution is 2.50. The van der Waals surface area contributed by atoms with Crippen molar-refractivity contribution in [2.75, 3.05) is 6.54 Å². The maximum atomic E-state index is 12.8. The number of likely N-dealkylation sites (tertiary alicyclic amines) is 1. The Labute approximate surface area is 133 Å². The molecule has 0 aromatic heterocycles. The van der Waals surface area contributed by atoms with Crippen molar-refractivity contribution in [3.8, 4) is 11.5 Å². The maximum absolute atomic E-state index is 12.8. The predicted octanol–water partition coefficient (Wildman–Crippen LogP) is 4.30. The monoisotopic (exact) mass is 311 g/mol. The van der Waals surface area contributed by atoms with E-state index in [1.807, 2.05) is 36.4 Å². The van der Waals surface area contributed by atoms with E-state index < -0.39 is 0 Å². The fourth-order valence-corrected chi connectivity index (χ4v) is 3.58. The summed E-state index contributed by atoms with van der Waals surface area (Å²) in [7, 11) is 0. The van der Waals surface area contributed by atoms with Gasteiger partial charge in [0.1, 0.15) is 11.5 Å². The van der Waals surface area contributed by atoms with Crippen molar-refractivity contribution < 1.29 is 9.53 Å². The first-order chi connectivity index (χ1) is 10.7. The van der Waals surface area contributed by atoms with Gasteiger partial charge in [-0.2, -0.15) is 0 Å². The van der Waals surface area contributed by atoms with E-state index in [1.165, 1.54) is 0 Å². The summed E-state index contributed by atoms with van der Waals surface area (Å²) >= 11 is 6.15. The Balaban J connectivity index is 1.97. The molecule has 0 saturated carbocycles. The number of fused-ring (bicyclic) bond motifs is 5. The lowest BCUT2D eigenvalue weighted by molar-refractivity contribution is -0.126. The molecule has 110 valence electrons. The Bertz CT molecular complexity index is 786. The summed E-state index contributed by atoms with van der Waals surface area (Å²) < 4.78 is 6.06. The molecule has 4 rings (SSSR count). The Morgan fingerprint density at radius 1 is 1.18 bits per heavy atom. The highest BCUT2D eigenvalue weighted by atomic mass is 35.5. The van der Waals surface area contributed by atoms with Crippen molar-refractivity contribution in [2.24, 2.45) is 0 Å². The molecule has 22 heavy (non-hydrogen) atoms. The first-order valence-corrected chi connectivity index (χ1v) is 7.56. The first kappa shape index (κ1) is 13.4. The highest BCUT2D eigenvalue weighted by Gasteiger charge is 2.45. The molecule has 3 nitrogen and oxygen atoms in total. The van der Waals surface area contributed by atoms with Crippen LogP contribution in [0.4, 0.5) is 0 Å². The smallest absolute Gasteiger partial charge is 0.234 e. The van der Waals surface area contributed by atoms with Gasteiger partial charge in [0.2, 0.25) is 5.91 Å². The third-order valence-corrected chi connectivity index (χ3v) is 4.65. The van der Waals surface area contributed by atoms with Crippen LogP contribution in [-0.4, -0.2) is 17.4 Å². The maximum Gasteiger partial charge on any atom is 0.234 e. The van der Waals surface area contributed by atoms with Crippen molar-refractivity contribution >= 4 is 17.5 Å². The SMILES string of the molecule is C=CN1CC2c3ccccc3Oc3ccc(Cl)cc3C2C1=O. The Morgan fingerprint density at radius 2 is 1.95 bits per heavy atom. The minimum atomic E-state index is -0.282. The van der Waals surface area contributed by atoms with Crippen LogP contribution in [0, 0.1) is 0 Å². The summed E-state index contributed by atoms with van der Waals surface area (Å²) in [6.07, 6.45) is 1.60. The topological polar surface area (TPSA) is 29.5 Å². The molecule has 4 heteroatoms. The third kappa shape index (κ3) is 1.86. The van der Waals surface area contributed by atoms with Crippen LogP contribution in [0.5, 0.6) is 11.5 Å². The van der Waals surface area contributed by atoms with Crippen molar-refractivity contribution in [3.05, 3.63) is 71.4 Å². The molecule has 2 aliphatic heterocycles. The number of nitrogens with zero attached hydrogens (tertiary/aromatic N) is 1. The minimum Gasteiger partial charge on any atom is -0.457 e. The van der Waals surface area contributed by atoms with Gasteiger partial charge in [-0.05, 0) is 30.5 Å². The molecule has 2 aliphatic rings. The zero-order chi connectivity index (χ0) is 15.3. The molecule has 2 unspecified atom stereocenters. The van der Waals surface area contributed by atoms with Crippen LogP contribution in [0.3, 0.4) is 0 Å². The average Bonchev–Trinajstić information content (AvgIpc) is 2.79. The molecule has 0 N–H and O–H groups in total. The van der Waals surface area contributed by atoms with Crippen LogP contribution in [0.25, 0.3) is 0 Å². The molecule has 0 spiro atoms. The van der Waals surface area contributed by atoms with Gasteiger partial charge in [-0.15, -0.1) is 0 Å². The molecule has 0 bridgehead atoms. The second-order valence-corrected chi connectivity index (χ2v) is 6.02. The van der Waals surface area contributed by atoms with Gasteiger partial charge in [-0.1, -0.05) is 36.4 Å². The zero-order valence-corrected chi connectivity index (χ0v) is 12.6. The number of hydrogen-bond acceptors (Lipinski definition) is 2. The molecule has 2 heterocycles.